The minimum absolute atomic E-state index is 0.246. The smallest absolute Gasteiger partial charge is 0.263 e. The molecule has 0 saturated carbocycles. The SMILES string of the molecule is CNCc1cc(S(=O)(=O)Nc2cn(C)nc2C)c(Br)s1. The van der Waals surface area contributed by atoms with Gasteiger partial charge in [-0.05, 0) is 36.0 Å². The van der Waals surface area contributed by atoms with Crippen molar-refractivity contribution in [3.05, 3.63) is 26.6 Å². The highest BCUT2D eigenvalue weighted by atomic mass is 79.9. The van der Waals surface area contributed by atoms with Crippen molar-refractivity contribution >= 4 is 43.0 Å². The van der Waals surface area contributed by atoms with E-state index in [4.69, 9.17) is 0 Å². The number of aromatic nitrogens is 2. The molecule has 0 aliphatic rings. The Hall–Kier alpha value is -0.900. The monoisotopic (exact) mass is 378 g/mol. The van der Waals surface area contributed by atoms with Crippen molar-refractivity contribution in [2.45, 2.75) is 18.4 Å². The van der Waals surface area contributed by atoms with Gasteiger partial charge in [-0.3, -0.25) is 9.40 Å². The van der Waals surface area contributed by atoms with Gasteiger partial charge in [0.25, 0.3) is 10.0 Å². The van der Waals surface area contributed by atoms with Crippen LogP contribution in [0.5, 0.6) is 0 Å². The maximum Gasteiger partial charge on any atom is 0.263 e. The van der Waals surface area contributed by atoms with E-state index in [2.05, 4.69) is 31.1 Å². The molecule has 2 N–H and O–H groups in total. The van der Waals surface area contributed by atoms with Crippen LogP contribution in [-0.2, 0) is 23.6 Å². The Morgan fingerprint density at radius 2 is 2.20 bits per heavy atom. The number of hydrogen-bond donors (Lipinski definition) is 2. The van der Waals surface area contributed by atoms with Crippen LogP contribution in [0, 0.1) is 6.92 Å². The zero-order valence-electron chi connectivity index (χ0n) is 11.3. The second-order valence-corrected chi connectivity index (χ2v) is 8.39. The van der Waals surface area contributed by atoms with E-state index in [0.717, 1.165) is 4.88 Å². The molecule has 2 aromatic heterocycles. The number of thiophene rings is 1. The molecule has 0 saturated heterocycles. The summed E-state index contributed by atoms with van der Waals surface area (Å²) < 4.78 is 29.6. The fourth-order valence-electron chi connectivity index (χ4n) is 1.74. The molecule has 110 valence electrons. The Bertz CT molecular complexity index is 721. The highest BCUT2D eigenvalue weighted by Gasteiger charge is 2.22. The van der Waals surface area contributed by atoms with Crippen molar-refractivity contribution in [1.82, 2.24) is 15.1 Å². The summed E-state index contributed by atoms with van der Waals surface area (Å²) in [6, 6.07) is 1.67. The van der Waals surface area contributed by atoms with Crippen LogP contribution < -0.4 is 10.0 Å². The molecular weight excluding hydrogens is 364 g/mol. The lowest BCUT2D eigenvalue weighted by Gasteiger charge is -2.05. The number of nitrogens with zero attached hydrogens (tertiary/aromatic N) is 2. The van der Waals surface area contributed by atoms with Gasteiger partial charge in [0.2, 0.25) is 0 Å². The molecule has 2 rings (SSSR count). The number of halogens is 1. The van der Waals surface area contributed by atoms with Crippen LogP contribution in [-0.4, -0.2) is 25.2 Å². The van der Waals surface area contributed by atoms with Gasteiger partial charge in [0.15, 0.2) is 0 Å². The molecule has 0 amide bonds. The highest BCUT2D eigenvalue weighted by molar-refractivity contribution is 9.11. The second-order valence-electron chi connectivity index (χ2n) is 4.29. The zero-order chi connectivity index (χ0) is 14.9. The van der Waals surface area contributed by atoms with Crippen LogP contribution >= 0.6 is 27.3 Å². The Labute approximate surface area is 130 Å². The predicted octanol–water partition coefficient (Wildman–Crippen LogP) is 2.07. The number of aryl methyl sites for hydroxylation is 2. The first kappa shape index (κ1) is 15.5. The molecule has 0 aliphatic heterocycles. The van der Waals surface area contributed by atoms with Crippen molar-refractivity contribution in [2.24, 2.45) is 7.05 Å². The van der Waals surface area contributed by atoms with E-state index >= 15 is 0 Å². The second kappa shape index (κ2) is 5.84. The van der Waals surface area contributed by atoms with Crippen molar-refractivity contribution in [3.8, 4) is 0 Å². The van der Waals surface area contributed by atoms with Crippen LogP contribution in [0.4, 0.5) is 5.69 Å². The van der Waals surface area contributed by atoms with E-state index in [9.17, 15) is 8.42 Å². The van der Waals surface area contributed by atoms with Crippen molar-refractivity contribution < 1.29 is 8.42 Å². The minimum Gasteiger partial charge on any atom is -0.315 e. The molecule has 0 unspecified atom stereocenters. The van der Waals surface area contributed by atoms with Gasteiger partial charge in [-0.15, -0.1) is 11.3 Å². The van der Waals surface area contributed by atoms with Gasteiger partial charge in [-0.1, -0.05) is 0 Å². The first-order valence-corrected chi connectivity index (χ1v) is 8.88. The summed E-state index contributed by atoms with van der Waals surface area (Å²) in [5, 5.41) is 7.12. The lowest BCUT2D eigenvalue weighted by atomic mass is 10.4. The number of rotatable bonds is 5. The first-order chi connectivity index (χ1) is 9.33. The summed E-state index contributed by atoms with van der Waals surface area (Å²) >= 11 is 4.71. The molecule has 20 heavy (non-hydrogen) atoms. The maximum atomic E-state index is 12.4. The largest absolute Gasteiger partial charge is 0.315 e. The number of hydrogen-bond acceptors (Lipinski definition) is 5. The van der Waals surface area contributed by atoms with Crippen molar-refractivity contribution in [3.63, 3.8) is 0 Å². The lowest BCUT2D eigenvalue weighted by molar-refractivity contribution is 0.601. The molecule has 0 aliphatic carbocycles. The Morgan fingerprint density at radius 3 is 2.75 bits per heavy atom. The van der Waals surface area contributed by atoms with E-state index in [1.165, 1.54) is 11.3 Å². The average molecular weight is 379 g/mol. The van der Waals surface area contributed by atoms with E-state index in [1.54, 1.807) is 30.9 Å². The zero-order valence-corrected chi connectivity index (χ0v) is 14.5. The molecule has 2 aromatic rings. The molecule has 0 spiro atoms. The van der Waals surface area contributed by atoms with E-state index in [-0.39, 0.29) is 4.90 Å². The van der Waals surface area contributed by atoms with Gasteiger partial charge in [-0.2, -0.15) is 5.10 Å². The number of sulfonamides is 1. The topological polar surface area (TPSA) is 76.0 Å². The van der Waals surface area contributed by atoms with Gasteiger partial charge < -0.3 is 5.32 Å². The quantitative estimate of drug-likeness (QED) is 0.834. The van der Waals surface area contributed by atoms with E-state index in [1.807, 2.05) is 7.05 Å². The maximum absolute atomic E-state index is 12.4. The van der Waals surface area contributed by atoms with Crippen molar-refractivity contribution in [1.29, 1.82) is 0 Å². The van der Waals surface area contributed by atoms with Crippen molar-refractivity contribution in [2.75, 3.05) is 11.8 Å². The molecule has 0 radical (unpaired) electrons. The molecule has 2 heterocycles. The fraction of sp³-hybridized carbons (Fsp3) is 0.364. The third-order valence-corrected chi connectivity index (χ3v) is 6.22. The fourth-order valence-corrected chi connectivity index (χ4v) is 5.54. The molecule has 0 fully saturated rings. The molecular formula is C11H15BrN4O2S2. The molecule has 0 aromatic carbocycles. The summed E-state index contributed by atoms with van der Waals surface area (Å²) in [6.45, 7) is 2.39. The third kappa shape index (κ3) is 3.22. The Morgan fingerprint density at radius 1 is 1.50 bits per heavy atom. The van der Waals surface area contributed by atoms with Crippen LogP contribution in [0.2, 0.25) is 0 Å². The van der Waals surface area contributed by atoms with Crippen LogP contribution in [0.25, 0.3) is 0 Å². The Kier molecular flexibility index (Phi) is 4.52. The Balaban J connectivity index is 2.33. The first-order valence-electron chi connectivity index (χ1n) is 5.79. The average Bonchev–Trinajstić information content (AvgIpc) is 2.83. The summed E-state index contributed by atoms with van der Waals surface area (Å²) in [5.74, 6) is 0. The van der Waals surface area contributed by atoms with Gasteiger partial charge in [0, 0.05) is 24.7 Å². The van der Waals surface area contributed by atoms with Gasteiger partial charge in [-0.25, -0.2) is 8.42 Å². The minimum atomic E-state index is -3.62. The summed E-state index contributed by atoms with van der Waals surface area (Å²) in [7, 11) is -0.0534. The van der Waals surface area contributed by atoms with E-state index < -0.39 is 10.0 Å². The van der Waals surface area contributed by atoms with Gasteiger partial charge >= 0.3 is 0 Å². The van der Waals surface area contributed by atoms with Gasteiger partial charge in [0.05, 0.1) is 15.2 Å². The number of anilines is 1. The molecule has 0 bridgehead atoms. The summed E-state index contributed by atoms with van der Waals surface area (Å²) in [6.07, 6.45) is 1.64. The summed E-state index contributed by atoms with van der Waals surface area (Å²) in [4.78, 5) is 1.19. The summed E-state index contributed by atoms with van der Waals surface area (Å²) in [5.41, 5.74) is 1.12. The molecule has 9 heteroatoms. The molecule has 6 nitrogen and oxygen atoms in total. The molecule has 0 atom stereocenters. The van der Waals surface area contributed by atoms with E-state index in [0.29, 0.717) is 21.7 Å². The third-order valence-electron chi connectivity index (χ3n) is 2.60. The van der Waals surface area contributed by atoms with Crippen LogP contribution in [0.1, 0.15) is 10.6 Å². The predicted molar refractivity (Wildman–Crippen MR) is 83.5 cm³/mol. The number of nitrogens with one attached hydrogen (secondary N) is 2. The highest BCUT2D eigenvalue weighted by Crippen LogP contribution is 2.33. The van der Waals surface area contributed by atoms with Gasteiger partial charge in [0.1, 0.15) is 4.90 Å². The standard InChI is InChI=1S/C11H15BrN4O2S2/c1-7-9(6-16(3)14-7)15-20(17,18)10-4-8(5-13-2)19-11(10)12/h4,6,13,15H,5H2,1-3H3. The van der Waals surface area contributed by atoms with Crippen LogP contribution in [0.3, 0.4) is 0 Å². The lowest BCUT2D eigenvalue weighted by Crippen LogP contribution is -2.13. The van der Waals surface area contributed by atoms with Crippen LogP contribution in [0.15, 0.2) is 20.9 Å². The normalized spacial score (nSPS) is 11.8.